The summed E-state index contributed by atoms with van der Waals surface area (Å²) in [5, 5.41) is 11.4. The van der Waals surface area contributed by atoms with Gasteiger partial charge in [0, 0.05) is 17.8 Å². The molecular weight excluding hydrogens is 333 g/mol. The molecule has 0 saturated carbocycles. The summed E-state index contributed by atoms with van der Waals surface area (Å²) < 4.78 is 16.7. The third kappa shape index (κ3) is 3.62. The normalized spacial score (nSPS) is 10.8. The van der Waals surface area contributed by atoms with E-state index in [9.17, 15) is 9.18 Å². The summed E-state index contributed by atoms with van der Waals surface area (Å²) in [5.74, 6) is -0.161. The van der Waals surface area contributed by atoms with Crippen LogP contribution in [0.2, 0.25) is 5.02 Å². The number of halogens is 2. The molecule has 1 N–H and O–H groups in total. The molecule has 2 heterocycles. The van der Waals surface area contributed by atoms with Crippen LogP contribution in [0.15, 0.2) is 42.7 Å². The first-order valence-corrected chi connectivity index (χ1v) is 7.65. The van der Waals surface area contributed by atoms with Crippen LogP contribution in [0.3, 0.4) is 0 Å². The van der Waals surface area contributed by atoms with Crippen LogP contribution in [-0.4, -0.2) is 25.5 Å². The Kier molecular flexibility index (Phi) is 4.61. The van der Waals surface area contributed by atoms with Crippen LogP contribution in [0.4, 0.5) is 10.2 Å². The van der Waals surface area contributed by atoms with Crippen LogP contribution in [0.1, 0.15) is 11.3 Å². The molecule has 0 atom stereocenters. The fourth-order valence-electron chi connectivity index (χ4n) is 2.22. The van der Waals surface area contributed by atoms with E-state index in [4.69, 9.17) is 11.6 Å². The van der Waals surface area contributed by atoms with E-state index in [1.807, 2.05) is 0 Å². The lowest BCUT2D eigenvalue weighted by atomic mass is 10.2. The Bertz CT molecular complexity index is 873. The van der Waals surface area contributed by atoms with Crippen LogP contribution < -0.4 is 5.32 Å². The van der Waals surface area contributed by atoms with E-state index in [2.05, 4.69) is 15.5 Å². The molecule has 0 aliphatic carbocycles. The first-order chi connectivity index (χ1) is 11.5. The molecule has 0 unspecified atom stereocenters. The Hall–Kier alpha value is -2.67. The average molecular weight is 348 g/mol. The van der Waals surface area contributed by atoms with Gasteiger partial charge in [0.2, 0.25) is 5.91 Å². The molecule has 0 fully saturated rings. The molecule has 0 saturated heterocycles. The van der Waals surface area contributed by atoms with Gasteiger partial charge in [-0.1, -0.05) is 29.8 Å². The zero-order valence-electron chi connectivity index (χ0n) is 12.9. The van der Waals surface area contributed by atoms with Gasteiger partial charge in [0.15, 0.2) is 5.82 Å². The molecular formula is C16H15ClFN5O. The Balaban J connectivity index is 1.62. The van der Waals surface area contributed by atoms with E-state index in [0.29, 0.717) is 16.4 Å². The van der Waals surface area contributed by atoms with E-state index in [-0.39, 0.29) is 24.8 Å². The first-order valence-electron chi connectivity index (χ1n) is 7.27. The highest BCUT2D eigenvalue weighted by molar-refractivity contribution is 6.31. The number of carbonyl (C=O) groups excluding carboxylic acids is 1. The van der Waals surface area contributed by atoms with Gasteiger partial charge in [-0.05, 0) is 13.0 Å². The molecule has 8 heteroatoms. The number of nitrogens with zero attached hydrogens (tertiary/aromatic N) is 4. The maximum absolute atomic E-state index is 13.6. The summed E-state index contributed by atoms with van der Waals surface area (Å²) >= 11 is 5.90. The number of hydrogen-bond acceptors (Lipinski definition) is 3. The molecule has 3 rings (SSSR count). The summed E-state index contributed by atoms with van der Waals surface area (Å²) in [6.45, 7) is 2.11. The predicted molar refractivity (Wildman–Crippen MR) is 88.3 cm³/mol. The third-order valence-corrected chi connectivity index (χ3v) is 3.91. The van der Waals surface area contributed by atoms with Crippen LogP contribution in [0.25, 0.3) is 0 Å². The van der Waals surface area contributed by atoms with Crippen LogP contribution in [0.5, 0.6) is 0 Å². The molecule has 0 bridgehead atoms. The average Bonchev–Trinajstić information content (AvgIpc) is 3.11. The number of benzene rings is 1. The maximum atomic E-state index is 13.6. The van der Waals surface area contributed by atoms with Crippen molar-refractivity contribution in [2.75, 3.05) is 5.32 Å². The Labute approximate surface area is 142 Å². The molecule has 24 heavy (non-hydrogen) atoms. The number of carbonyl (C=O) groups is 1. The number of anilines is 1. The SMILES string of the molecule is Cc1c(Cl)cnn1CC(=O)Nc1ccn(Cc2ccccc2F)n1. The van der Waals surface area contributed by atoms with Crippen LogP contribution in [-0.2, 0) is 17.9 Å². The first kappa shape index (κ1) is 16.2. The second-order valence-corrected chi connectivity index (χ2v) is 5.68. The van der Waals surface area contributed by atoms with Gasteiger partial charge in [0.05, 0.1) is 23.5 Å². The maximum Gasteiger partial charge on any atom is 0.247 e. The van der Waals surface area contributed by atoms with Gasteiger partial charge in [-0.15, -0.1) is 0 Å². The number of aromatic nitrogens is 4. The molecule has 1 aromatic carbocycles. The minimum absolute atomic E-state index is 0.0404. The standard InChI is InChI=1S/C16H15ClFN5O/c1-11-13(17)8-19-23(11)10-16(24)20-15-6-7-22(21-15)9-12-4-2-3-5-14(12)18/h2-8H,9-10H2,1H3,(H,20,21,24). The van der Waals surface area contributed by atoms with Gasteiger partial charge in [-0.25, -0.2) is 4.39 Å². The van der Waals surface area contributed by atoms with E-state index in [1.165, 1.54) is 16.9 Å². The fraction of sp³-hybridized carbons (Fsp3) is 0.188. The van der Waals surface area contributed by atoms with E-state index >= 15 is 0 Å². The van der Waals surface area contributed by atoms with Gasteiger partial charge >= 0.3 is 0 Å². The topological polar surface area (TPSA) is 64.7 Å². The monoisotopic (exact) mass is 347 g/mol. The number of nitrogens with one attached hydrogen (secondary N) is 1. The van der Waals surface area contributed by atoms with Gasteiger partial charge in [0.25, 0.3) is 0 Å². The summed E-state index contributed by atoms with van der Waals surface area (Å²) in [5.41, 5.74) is 1.25. The molecule has 0 spiro atoms. The lowest BCUT2D eigenvalue weighted by molar-refractivity contribution is -0.117. The molecule has 3 aromatic rings. The molecule has 124 valence electrons. The van der Waals surface area contributed by atoms with Crippen molar-refractivity contribution in [3.05, 3.63) is 64.8 Å². The Morgan fingerprint density at radius 1 is 1.33 bits per heavy atom. The van der Waals surface area contributed by atoms with Gasteiger partial charge < -0.3 is 5.32 Å². The van der Waals surface area contributed by atoms with Crippen molar-refractivity contribution in [3.8, 4) is 0 Å². The fourth-order valence-corrected chi connectivity index (χ4v) is 2.36. The van der Waals surface area contributed by atoms with Crippen molar-refractivity contribution in [3.63, 3.8) is 0 Å². The molecule has 0 aliphatic heterocycles. The Morgan fingerprint density at radius 2 is 2.12 bits per heavy atom. The lowest BCUT2D eigenvalue weighted by Crippen LogP contribution is -2.20. The third-order valence-electron chi connectivity index (χ3n) is 3.53. The smallest absolute Gasteiger partial charge is 0.247 e. The number of amides is 1. The largest absolute Gasteiger partial charge is 0.308 e. The quantitative estimate of drug-likeness (QED) is 0.771. The van der Waals surface area contributed by atoms with Crippen molar-refractivity contribution >= 4 is 23.3 Å². The highest BCUT2D eigenvalue weighted by Gasteiger charge is 2.10. The minimum Gasteiger partial charge on any atom is -0.308 e. The van der Waals surface area contributed by atoms with Crippen molar-refractivity contribution in [1.82, 2.24) is 19.6 Å². The zero-order chi connectivity index (χ0) is 17.1. The van der Waals surface area contributed by atoms with E-state index in [1.54, 1.807) is 42.1 Å². The van der Waals surface area contributed by atoms with Crippen LogP contribution >= 0.6 is 11.6 Å². The van der Waals surface area contributed by atoms with Crippen molar-refractivity contribution in [1.29, 1.82) is 0 Å². The van der Waals surface area contributed by atoms with Crippen molar-refractivity contribution in [2.45, 2.75) is 20.0 Å². The highest BCUT2D eigenvalue weighted by atomic mass is 35.5. The highest BCUT2D eigenvalue weighted by Crippen LogP contribution is 2.13. The summed E-state index contributed by atoms with van der Waals surface area (Å²) in [6.07, 6.45) is 3.17. The number of rotatable bonds is 5. The summed E-state index contributed by atoms with van der Waals surface area (Å²) in [4.78, 5) is 12.0. The van der Waals surface area contributed by atoms with E-state index in [0.717, 1.165) is 5.69 Å². The Morgan fingerprint density at radius 3 is 2.83 bits per heavy atom. The molecule has 1 amide bonds. The lowest BCUT2D eigenvalue weighted by Gasteiger charge is -2.05. The summed E-state index contributed by atoms with van der Waals surface area (Å²) in [7, 11) is 0. The second kappa shape index (κ2) is 6.84. The van der Waals surface area contributed by atoms with Crippen LogP contribution in [0, 0.1) is 12.7 Å². The molecule has 0 radical (unpaired) electrons. The van der Waals surface area contributed by atoms with Gasteiger partial charge in [-0.2, -0.15) is 10.2 Å². The predicted octanol–water partition coefficient (Wildman–Crippen LogP) is 2.87. The van der Waals surface area contributed by atoms with Gasteiger partial charge in [-0.3, -0.25) is 14.2 Å². The van der Waals surface area contributed by atoms with E-state index < -0.39 is 0 Å². The molecule has 6 nitrogen and oxygen atoms in total. The van der Waals surface area contributed by atoms with Crippen molar-refractivity contribution in [2.24, 2.45) is 0 Å². The zero-order valence-corrected chi connectivity index (χ0v) is 13.7. The molecule has 2 aromatic heterocycles. The number of hydrogen-bond donors (Lipinski definition) is 1. The van der Waals surface area contributed by atoms with Gasteiger partial charge in [0.1, 0.15) is 12.4 Å². The summed E-state index contributed by atoms with van der Waals surface area (Å²) in [6, 6.07) is 8.15. The van der Waals surface area contributed by atoms with Crippen molar-refractivity contribution < 1.29 is 9.18 Å². The minimum atomic E-state index is -0.287. The molecule has 0 aliphatic rings. The second-order valence-electron chi connectivity index (χ2n) is 5.27.